The largest absolute Gasteiger partial charge is 0.497 e. The first-order chi connectivity index (χ1) is 13.6. The third kappa shape index (κ3) is 3.29. The van der Waals surface area contributed by atoms with Gasteiger partial charge >= 0.3 is 0 Å². The molecule has 0 saturated heterocycles. The molecular formula is C25H25NO2. The van der Waals surface area contributed by atoms with Crippen LogP contribution in [-0.4, -0.2) is 12.8 Å². The minimum Gasteiger partial charge on any atom is -0.497 e. The lowest BCUT2D eigenvalue weighted by atomic mass is 9.81. The van der Waals surface area contributed by atoms with Crippen LogP contribution in [0.2, 0.25) is 0 Å². The lowest BCUT2D eigenvalue weighted by molar-refractivity contribution is 0.0762. The molecule has 0 N–H and O–H groups in total. The highest BCUT2D eigenvalue weighted by Crippen LogP contribution is 2.43. The van der Waals surface area contributed by atoms with Crippen molar-refractivity contribution in [3.63, 3.8) is 0 Å². The maximum atomic E-state index is 6.03. The van der Waals surface area contributed by atoms with E-state index in [1.54, 1.807) is 7.11 Å². The predicted octanol–water partition coefficient (Wildman–Crippen LogP) is 5.88. The molecule has 4 rings (SSSR count). The van der Waals surface area contributed by atoms with Gasteiger partial charge in [0.05, 0.1) is 18.7 Å². The summed E-state index contributed by atoms with van der Waals surface area (Å²) in [6, 6.07) is 23.0. The monoisotopic (exact) mass is 371 g/mol. The summed E-state index contributed by atoms with van der Waals surface area (Å²) >= 11 is 0. The van der Waals surface area contributed by atoms with Crippen LogP contribution in [0.1, 0.15) is 45.4 Å². The molecule has 3 heteroatoms. The molecule has 1 aliphatic heterocycles. The van der Waals surface area contributed by atoms with Crippen LogP contribution in [0.3, 0.4) is 0 Å². The maximum absolute atomic E-state index is 6.03. The summed E-state index contributed by atoms with van der Waals surface area (Å²) in [5.41, 5.74) is 8.13. The van der Waals surface area contributed by atoms with E-state index in [2.05, 4.69) is 62.3 Å². The zero-order chi connectivity index (χ0) is 19.7. The van der Waals surface area contributed by atoms with Crippen LogP contribution in [0.5, 0.6) is 5.75 Å². The van der Waals surface area contributed by atoms with Crippen molar-refractivity contribution in [2.75, 3.05) is 7.11 Å². The molecule has 3 nitrogen and oxygen atoms in total. The molecule has 3 aromatic carbocycles. The summed E-state index contributed by atoms with van der Waals surface area (Å²) in [6.07, 6.45) is -0.164. The van der Waals surface area contributed by atoms with Gasteiger partial charge in [0.2, 0.25) is 0 Å². The number of methoxy groups -OCH3 is 1. The smallest absolute Gasteiger partial charge is 0.165 e. The van der Waals surface area contributed by atoms with Crippen LogP contribution in [0.25, 0.3) is 0 Å². The summed E-state index contributed by atoms with van der Waals surface area (Å²) in [4.78, 5) is 6.03. The first-order valence-corrected chi connectivity index (χ1v) is 9.59. The fourth-order valence-electron chi connectivity index (χ4n) is 4.22. The highest BCUT2D eigenvalue weighted by Gasteiger charge is 2.38. The molecule has 0 aliphatic carbocycles. The average molecular weight is 371 g/mol. The number of benzene rings is 3. The highest BCUT2D eigenvalue weighted by molar-refractivity contribution is 6.08. The van der Waals surface area contributed by atoms with Gasteiger partial charge in [-0.3, -0.25) is 0 Å². The predicted molar refractivity (Wildman–Crippen MR) is 113 cm³/mol. The van der Waals surface area contributed by atoms with E-state index in [1.807, 2.05) is 30.3 Å². The average Bonchev–Trinajstić information content (AvgIpc) is 3.12. The van der Waals surface area contributed by atoms with Crippen molar-refractivity contribution in [1.82, 2.24) is 0 Å². The van der Waals surface area contributed by atoms with Crippen LogP contribution < -0.4 is 4.74 Å². The number of oxime groups is 1. The Kier molecular flexibility index (Phi) is 4.91. The Hall–Kier alpha value is -3.07. The number of nitrogens with zero attached hydrogens (tertiary/aromatic N) is 1. The molecule has 2 atom stereocenters. The van der Waals surface area contributed by atoms with Crippen molar-refractivity contribution in [3.05, 3.63) is 100 Å². The molecule has 0 fully saturated rings. The Balaban J connectivity index is 1.86. The van der Waals surface area contributed by atoms with Crippen molar-refractivity contribution < 1.29 is 9.57 Å². The van der Waals surface area contributed by atoms with E-state index < -0.39 is 0 Å². The Morgan fingerprint density at radius 3 is 2.18 bits per heavy atom. The van der Waals surface area contributed by atoms with Gasteiger partial charge < -0.3 is 9.57 Å². The first kappa shape index (κ1) is 18.3. The van der Waals surface area contributed by atoms with Gasteiger partial charge in [-0.1, -0.05) is 65.3 Å². The molecule has 1 aliphatic rings. The minimum atomic E-state index is -0.164. The number of ether oxygens (including phenoxy) is 1. The Bertz CT molecular complexity index is 1000. The summed E-state index contributed by atoms with van der Waals surface area (Å²) in [5.74, 6) is 0.838. The molecule has 142 valence electrons. The second kappa shape index (κ2) is 7.51. The molecule has 3 aromatic rings. The number of aryl methyl sites for hydroxylation is 3. The molecular weight excluding hydrogens is 346 g/mol. The van der Waals surface area contributed by atoms with Gasteiger partial charge in [-0.15, -0.1) is 0 Å². The zero-order valence-electron chi connectivity index (χ0n) is 16.8. The van der Waals surface area contributed by atoms with Gasteiger partial charge in [-0.25, -0.2) is 0 Å². The number of rotatable bonds is 4. The molecule has 0 radical (unpaired) electrons. The van der Waals surface area contributed by atoms with Gasteiger partial charge in [-0.2, -0.15) is 0 Å². The van der Waals surface area contributed by atoms with Crippen molar-refractivity contribution in [3.8, 4) is 5.75 Å². The van der Waals surface area contributed by atoms with Crippen LogP contribution in [0.15, 0.2) is 71.9 Å². The molecule has 0 spiro atoms. The zero-order valence-corrected chi connectivity index (χ0v) is 16.8. The van der Waals surface area contributed by atoms with Gasteiger partial charge in [0.15, 0.2) is 6.10 Å². The van der Waals surface area contributed by atoms with Crippen LogP contribution in [0.4, 0.5) is 0 Å². The van der Waals surface area contributed by atoms with E-state index in [4.69, 9.17) is 9.57 Å². The van der Waals surface area contributed by atoms with Gasteiger partial charge in [-0.05, 0) is 55.2 Å². The molecule has 28 heavy (non-hydrogen) atoms. The highest BCUT2D eigenvalue weighted by atomic mass is 16.6. The Morgan fingerprint density at radius 2 is 1.50 bits per heavy atom. The van der Waals surface area contributed by atoms with Crippen LogP contribution >= 0.6 is 0 Å². The fraction of sp³-hybridized carbons (Fsp3) is 0.240. The van der Waals surface area contributed by atoms with Crippen LogP contribution in [0, 0.1) is 20.8 Å². The lowest BCUT2D eigenvalue weighted by Gasteiger charge is -2.22. The van der Waals surface area contributed by atoms with Crippen molar-refractivity contribution in [1.29, 1.82) is 0 Å². The molecule has 1 heterocycles. The number of hydrogen-bond acceptors (Lipinski definition) is 3. The van der Waals surface area contributed by atoms with E-state index in [0.29, 0.717) is 0 Å². The molecule has 0 aromatic heterocycles. The summed E-state index contributed by atoms with van der Waals surface area (Å²) in [5, 5.41) is 4.60. The first-order valence-electron chi connectivity index (χ1n) is 9.59. The summed E-state index contributed by atoms with van der Waals surface area (Å²) < 4.78 is 5.48. The SMILES string of the molecule is COc1cccc([C@@H]2C(c3c(C)cc(C)cc3C)=NO[C@H]2c2ccccc2)c1. The number of hydrogen-bond donors (Lipinski definition) is 0. The third-order valence-corrected chi connectivity index (χ3v) is 5.38. The second-order valence-electron chi connectivity index (χ2n) is 7.44. The molecule has 0 bridgehead atoms. The van der Waals surface area contributed by atoms with E-state index in [-0.39, 0.29) is 12.0 Å². The van der Waals surface area contributed by atoms with E-state index >= 15 is 0 Å². The van der Waals surface area contributed by atoms with E-state index in [1.165, 1.54) is 22.3 Å². The molecule has 0 amide bonds. The Labute approximate surface area is 166 Å². The lowest BCUT2D eigenvalue weighted by Crippen LogP contribution is -2.18. The van der Waals surface area contributed by atoms with Crippen molar-refractivity contribution in [2.24, 2.45) is 5.16 Å². The van der Waals surface area contributed by atoms with Crippen molar-refractivity contribution >= 4 is 5.71 Å². The summed E-state index contributed by atoms with van der Waals surface area (Å²) in [7, 11) is 1.70. The Morgan fingerprint density at radius 1 is 0.821 bits per heavy atom. The van der Waals surface area contributed by atoms with E-state index in [9.17, 15) is 0 Å². The molecule has 0 unspecified atom stereocenters. The van der Waals surface area contributed by atoms with Gasteiger partial charge in [0.25, 0.3) is 0 Å². The minimum absolute atomic E-state index is 0.00222. The van der Waals surface area contributed by atoms with Gasteiger partial charge in [0, 0.05) is 5.56 Å². The normalized spacial score (nSPS) is 18.5. The van der Waals surface area contributed by atoms with Gasteiger partial charge in [0.1, 0.15) is 5.75 Å². The molecule has 0 saturated carbocycles. The third-order valence-electron chi connectivity index (χ3n) is 5.38. The van der Waals surface area contributed by atoms with Crippen LogP contribution in [-0.2, 0) is 4.84 Å². The maximum Gasteiger partial charge on any atom is 0.165 e. The quantitative estimate of drug-likeness (QED) is 0.573. The topological polar surface area (TPSA) is 30.8 Å². The summed E-state index contributed by atoms with van der Waals surface area (Å²) in [6.45, 7) is 6.43. The standard InChI is InChI=1S/C25H25NO2/c1-16-13-17(2)22(18(3)14-16)24-23(20-11-8-12-21(15-20)27-4)25(28-26-24)19-9-6-5-7-10-19/h5-15,23,25H,1-4H3/t23-,25+/m1/s1. The second-order valence-corrected chi connectivity index (χ2v) is 7.44. The van der Waals surface area contributed by atoms with E-state index in [0.717, 1.165) is 22.6 Å². The fourth-order valence-corrected chi connectivity index (χ4v) is 4.22. The van der Waals surface area contributed by atoms with Crippen molar-refractivity contribution in [2.45, 2.75) is 32.8 Å².